The first-order chi connectivity index (χ1) is 9.11. The molecule has 0 saturated heterocycles. The molecule has 0 spiro atoms. The highest BCUT2D eigenvalue weighted by Gasteiger charge is 2.14. The van der Waals surface area contributed by atoms with E-state index in [9.17, 15) is 4.39 Å². The fourth-order valence-corrected chi connectivity index (χ4v) is 1.94. The van der Waals surface area contributed by atoms with E-state index in [0.717, 1.165) is 11.4 Å². The third-order valence-electron chi connectivity index (χ3n) is 2.79. The van der Waals surface area contributed by atoms with Crippen LogP contribution >= 0.6 is 0 Å². The predicted molar refractivity (Wildman–Crippen MR) is 75.4 cm³/mol. The van der Waals surface area contributed by atoms with Crippen molar-refractivity contribution in [1.29, 1.82) is 0 Å². The van der Waals surface area contributed by atoms with Crippen molar-refractivity contribution in [2.24, 2.45) is 0 Å². The van der Waals surface area contributed by atoms with E-state index in [1.807, 2.05) is 7.05 Å². The molecule has 0 amide bonds. The summed E-state index contributed by atoms with van der Waals surface area (Å²) < 4.78 is 13.2. The average molecular weight is 260 g/mol. The van der Waals surface area contributed by atoms with Gasteiger partial charge in [-0.25, -0.2) is 14.4 Å². The predicted octanol–water partition coefficient (Wildman–Crippen LogP) is 3.52. The maximum absolute atomic E-state index is 13.2. The molecular formula is C14H17FN4. The SMILES string of the molecule is CNc1ncnc(Nc2cccc(F)c2)c1C(C)C. The van der Waals surface area contributed by atoms with Crippen LogP contribution in [0.15, 0.2) is 30.6 Å². The van der Waals surface area contributed by atoms with Gasteiger partial charge >= 0.3 is 0 Å². The van der Waals surface area contributed by atoms with Crippen molar-refractivity contribution in [3.05, 3.63) is 42.0 Å². The van der Waals surface area contributed by atoms with E-state index in [0.29, 0.717) is 11.5 Å². The molecule has 0 bridgehead atoms. The highest BCUT2D eigenvalue weighted by molar-refractivity contribution is 5.65. The van der Waals surface area contributed by atoms with E-state index in [1.165, 1.54) is 18.5 Å². The van der Waals surface area contributed by atoms with Crippen molar-refractivity contribution < 1.29 is 4.39 Å². The number of anilines is 3. The summed E-state index contributed by atoms with van der Waals surface area (Å²) in [6, 6.07) is 6.31. The van der Waals surface area contributed by atoms with Crippen LogP contribution in [-0.2, 0) is 0 Å². The van der Waals surface area contributed by atoms with Gasteiger partial charge in [-0.15, -0.1) is 0 Å². The van der Waals surface area contributed by atoms with Crippen LogP contribution < -0.4 is 10.6 Å². The first kappa shape index (κ1) is 13.3. The van der Waals surface area contributed by atoms with Gasteiger partial charge in [0.25, 0.3) is 0 Å². The number of halogens is 1. The lowest BCUT2D eigenvalue weighted by Gasteiger charge is -2.16. The number of nitrogens with one attached hydrogen (secondary N) is 2. The highest BCUT2D eigenvalue weighted by atomic mass is 19.1. The molecule has 1 aromatic heterocycles. The molecule has 2 aromatic rings. The lowest BCUT2D eigenvalue weighted by molar-refractivity contribution is 0.628. The number of hydrogen-bond donors (Lipinski definition) is 2. The molecule has 0 aliphatic heterocycles. The van der Waals surface area contributed by atoms with Gasteiger partial charge in [-0.3, -0.25) is 0 Å². The number of nitrogens with zero attached hydrogens (tertiary/aromatic N) is 2. The molecule has 1 heterocycles. The smallest absolute Gasteiger partial charge is 0.139 e. The van der Waals surface area contributed by atoms with Gasteiger partial charge in [0, 0.05) is 18.3 Å². The van der Waals surface area contributed by atoms with Crippen molar-refractivity contribution in [3.8, 4) is 0 Å². The molecule has 4 nitrogen and oxygen atoms in total. The first-order valence-corrected chi connectivity index (χ1v) is 6.17. The molecule has 1 aromatic carbocycles. The summed E-state index contributed by atoms with van der Waals surface area (Å²) in [5, 5.41) is 6.19. The van der Waals surface area contributed by atoms with Crippen LogP contribution in [0.1, 0.15) is 25.3 Å². The van der Waals surface area contributed by atoms with Crippen molar-refractivity contribution in [2.75, 3.05) is 17.7 Å². The Bertz CT molecular complexity index is 569. The van der Waals surface area contributed by atoms with Gasteiger partial charge in [0.1, 0.15) is 23.8 Å². The maximum atomic E-state index is 13.2. The third kappa shape index (κ3) is 2.99. The average Bonchev–Trinajstić information content (AvgIpc) is 2.38. The number of benzene rings is 1. The van der Waals surface area contributed by atoms with Crippen molar-refractivity contribution in [2.45, 2.75) is 19.8 Å². The van der Waals surface area contributed by atoms with Gasteiger partial charge in [0.2, 0.25) is 0 Å². The summed E-state index contributed by atoms with van der Waals surface area (Å²) in [6.45, 7) is 4.13. The normalized spacial score (nSPS) is 10.6. The van der Waals surface area contributed by atoms with Crippen molar-refractivity contribution in [1.82, 2.24) is 9.97 Å². The maximum Gasteiger partial charge on any atom is 0.139 e. The Kier molecular flexibility index (Phi) is 3.94. The summed E-state index contributed by atoms with van der Waals surface area (Å²) in [6.07, 6.45) is 1.49. The number of rotatable bonds is 4. The Hall–Kier alpha value is -2.17. The molecule has 0 unspecified atom stereocenters. The Morgan fingerprint density at radius 1 is 1.16 bits per heavy atom. The van der Waals surface area contributed by atoms with Gasteiger partial charge in [0.05, 0.1) is 0 Å². The highest BCUT2D eigenvalue weighted by Crippen LogP contribution is 2.30. The van der Waals surface area contributed by atoms with Gasteiger partial charge in [-0.05, 0) is 24.1 Å². The Morgan fingerprint density at radius 2 is 1.89 bits per heavy atom. The molecule has 19 heavy (non-hydrogen) atoms. The summed E-state index contributed by atoms with van der Waals surface area (Å²) in [5.74, 6) is 1.45. The van der Waals surface area contributed by atoms with Crippen LogP contribution in [0.3, 0.4) is 0 Å². The Morgan fingerprint density at radius 3 is 2.53 bits per heavy atom. The number of aromatic nitrogens is 2. The van der Waals surface area contributed by atoms with Crippen LogP contribution in [0.4, 0.5) is 21.7 Å². The minimum atomic E-state index is -0.279. The van der Waals surface area contributed by atoms with E-state index >= 15 is 0 Å². The molecule has 0 saturated carbocycles. The quantitative estimate of drug-likeness (QED) is 0.883. The Labute approximate surface area is 112 Å². The summed E-state index contributed by atoms with van der Waals surface area (Å²) in [4.78, 5) is 8.45. The second kappa shape index (κ2) is 5.65. The zero-order valence-electron chi connectivity index (χ0n) is 11.2. The molecule has 2 N–H and O–H groups in total. The van der Waals surface area contributed by atoms with Gasteiger partial charge in [-0.1, -0.05) is 19.9 Å². The van der Waals surface area contributed by atoms with Crippen LogP contribution in [0.2, 0.25) is 0 Å². The Balaban J connectivity index is 2.39. The second-order valence-electron chi connectivity index (χ2n) is 4.52. The zero-order valence-corrected chi connectivity index (χ0v) is 11.2. The molecule has 0 atom stereocenters. The van der Waals surface area contributed by atoms with Gasteiger partial charge < -0.3 is 10.6 Å². The molecule has 0 aliphatic rings. The monoisotopic (exact) mass is 260 g/mol. The second-order valence-corrected chi connectivity index (χ2v) is 4.52. The van der Waals surface area contributed by atoms with Crippen LogP contribution in [0, 0.1) is 5.82 Å². The summed E-state index contributed by atoms with van der Waals surface area (Å²) in [7, 11) is 1.82. The van der Waals surface area contributed by atoms with E-state index in [1.54, 1.807) is 12.1 Å². The van der Waals surface area contributed by atoms with E-state index < -0.39 is 0 Å². The summed E-state index contributed by atoms with van der Waals surface area (Å²) >= 11 is 0. The molecule has 0 aliphatic carbocycles. The first-order valence-electron chi connectivity index (χ1n) is 6.17. The molecular weight excluding hydrogens is 243 g/mol. The topological polar surface area (TPSA) is 49.8 Å². The zero-order chi connectivity index (χ0) is 13.8. The van der Waals surface area contributed by atoms with E-state index in [-0.39, 0.29) is 11.7 Å². The minimum Gasteiger partial charge on any atom is -0.373 e. The van der Waals surface area contributed by atoms with Crippen LogP contribution in [-0.4, -0.2) is 17.0 Å². The molecule has 5 heteroatoms. The molecule has 2 rings (SSSR count). The van der Waals surface area contributed by atoms with E-state index in [4.69, 9.17) is 0 Å². The lowest BCUT2D eigenvalue weighted by atomic mass is 10.0. The van der Waals surface area contributed by atoms with Crippen LogP contribution in [0.25, 0.3) is 0 Å². The fraction of sp³-hybridized carbons (Fsp3) is 0.286. The van der Waals surface area contributed by atoms with Crippen molar-refractivity contribution >= 4 is 17.3 Å². The molecule has 0 radical (unpaired) electrons. The lowest BCUT2D eigenvalue weighted by Crippen LogP contribution is -2.06. The van der Waals surface area contributed by atoms with E-state index in [2.05, 4.69) is 34.4 Å². The van der Waals surface area contributed by atoms with Gasteiger partial charge in [-0.2, -0.15) is 0 Å². The minimum absolute atomic E-state index is 0.250. The largest absolute Gasteiger partial charge is 0.373 e. The van der Waals surface area contributed by atoms with Crippen LogP contribution in [0.5, 0.6) is 0 Å². The summed E-state index contributed by atoms with van der Waals surface area (Å²) in [5.41, 5.74) is 1.65. The number of hydrogen-bond acceptors (Lipinski definition) is 4. The molecule has 0 fully saturated rings. The fourth-order valence-electron chi connectivity index (χ4n) is 1.94. The standard InChI is InChI=1S/C14H17FN4/c1-9(2)12-13(16-3)17-8-18-14(12)19-11-6-4-5-10(15)7-11/h4-9H,1-3H3,(H2,16,17,18,19). The molecule has 100 valence electrons. The third-order valence-corrected chi connectivity index (χ3v) is 2.79. The van der Waals surface area contributed by atoms with Gasteiger partial charge in [0.15, 0.2) is 0 Å². The van der Waals surface area contributed by atoms with Crippen molar-refractivity contribution in [3.63, 3.8) is 0 Å².